The van der Waals surface area contributed by atoms with Crippen molar-refractivity contribution in [1.29, 1.82) is 0 Å². The van der Waals surface area contributed by atoms with E-state index in [1.165, 1.54) is 0 Å². The summed E-state index contributed by atoms with van der Waals surface area (Å²) in [5.41, 5.74) is 1.65. The quantitative estimate of drug-likeness (QED) is 0.224. The van der Waals surface area contributed by atoms with Gasteiger partial charge in [-0.15, -0.1) is 10.2 Å². The van der Waals surface area contributed by atoms with Crippen LogP contribution in [0, 0.1) is 0 Å². The number of hydrogen-bond donors (Lipinski definition) is 3. The van der Waals surface area contributed by atoms with Gasteiger partial charge in [0.05, 0.1) is 19.0 Å². The van der Waals surface area contributed by atoms with E-state index in [4.69, 9.17) is 18.9 Å². The number of ether oxygens (including phenoxy) is 2. The van der Waals surface area contributed by atoms with Crippen molar-refractivity contribution in [3.8, 4) is 17.2 Å². The largest absolute Gasteiger partial charge is 0.495 e. The topological polar surface area (TPSA) is 160 Å². The second-order valence-electron chi connectivity index (χ2n) is 14.5. The van der Waals surface area contributed by atoms with Crippen LogP contribution in [0.1, 0.15) is 91.4 Å². The van der Waals surface area contributed by atoms with Crippen LogP contribution in [0.25, 0.3) is 11.5 Å². The van der Waals surface area contributed by atoms with Crippen molar-refractivity contribution in [2.24, 2.45) is 0 Å². The molecule has 2 aliphatic carbocycles. The van der Waals surface area contributed by atoms with Gasteiger partial charge < -0.3 is 39.6 Å². The lowest BCUT2D eigenvalue weighted by atomic mass is 9.91. The maximum atomic E-state index is 13.2. The zero-order valence-corrected chi connectivity index (χ0v) is 30.1. The number of anilines is 4. The number of nitrogens with one attached hydrogen (secondary N) is 3. The Labute approximate surface area is 294 Å². The van der Waals surface area contributed by atoms with Crippen LogP contribution in [0.3, 0.4) is 0 Å². The molecular formula is C36H51N9O5. The summed E-state index contributed by atoms with van der Waals surface area (Å²) in [6.45, 7) is 8.37. The summed E-state index contributed by atoms with van der Waals surface area (Å²) < 4.78 is 17.1. The van der Waals surface area contributed by atoms with Crippen molar-refractivity contribution in [2.75, 3.05) is 35.8 Å². The van der Waals surface area contributed by atoms with Crippen molar-refractivity contribution >= 4 is 35.1 Å². The Balaban J connectivity index is 1.05. The number of aromatic nitrogens is 4. The first kappa shape index (κ1) is 35.4. The lowest BCUT2D eigenvalue weighted by Crippen LogP contribution is -2.55. The molecule has 14 heteroatoms. The first-order chi connectivity index (χ1) is 24.0. The van der Waals surface area contributed by atoms with E-state index in [1.807, 2.05) is 39.0 Å². The van der Waals surface area contributed by atoms with Crippen LogP contribution >= 0.6 is 0 Å². The standard InChI is InChI=1S/C36H51N9O5/c1-7-27-33(46)44(5)28-21-38-34(41-31(28)45(27)25-10-8-9-11-25)40-26-17-12-22(20-29(26)48-6)32-43-42-30(49-32)18-19-37-23-13-15-24(16-14-23)39-35(47)50-36(2,3)4/h12,17,20-21,23-25,27,37H,7-11,13-16,18-19H2,1-6H3,(H,39,47)(H,38,40,41)/t23?,24?,27-/m1/s1. The molecule has 270 valence electrons. The third kappa shape index (κ3) is 8.11. The van der Waals surface area contributed by atoms with Gasteiger partial charge in [-0.1, -0.05) is 19.8 Å². The summed E-state index contributed by atoms with van der Waals surface area (Å²) in [6.07, 6.45) is 10.9. The summed E-state index contributed by atoms with van der Waals surface area (Å²) in [4.78, 5) is 38.8. The smallest absolute Gasteiger partial charge is 0.407 e. The van der Waals surface area contributed by atoms with E-state index in [0.29, 0.717) is 54.6 Å². The highest BCUT2D eigenvalue weighted by atomic mass is 16.6. The number of fused-ring (bicyclic) bond motifs is 1. The molecule has 50 heavy (non-hydrogen) atoms. The van der Waals surface area contributed by atoms with Gasteiger partial charge in [-0.25, -0.2) is 9.78 Å². The highest BCUT2D eigenvalue weighted by Gasteiger charge is 2.41. The average molecular weight is 690 g/mol. The van der Waals surface area contributed by atoms with Crippen molar-refractivity contribution < 1.29 is 23.5 Å². The minimum atomic E-state index is -0.499. The first-order valence-electron chi connectivity index (χ1n) is 18.0. The van der Waals surface area contributed by atoms with E-state index < -0.39 is 5.60 Å². The number of alkyl carbamates (subject to hydrolysis) is 1. The highest BCUT2D eigenvalue weighted by Crippen LogP contribution is 2.40. The van der Waals surface area contributed by atoms with Gasteiger partial charge in [0.25, 0.3) is 0 Å². The third-order valence-electron chi connectivity index (χ3n) is 9.79. The number of rotatable bonds is 11. The number of methoxy groups -OCH3 is 1. The summed E-state index contributed by atoms with van der Waals surface area (Å²) >= 11 is 0. The zero-order valence-electron chi connectivity index (χ0n) is 30.1. The van der Waals surface area contributed by atoms with E-state index in [9.17, 15) is 9.59 Å². The molecule has 2 amide bonds. The Morgan fingerprint density at radius 3 is 2.50 bits per heavy atom. The van der Waals surface area contributed by atoms with Crippen molar-refractivity contribution in [3.63, 3.8) is 0 Å². The van der Waals surface area contributed by atoms with Gasteiger partial charge in [-0.05, 0) is 83.9 Å². The molecule has 6 rings (SSSR count). The Morgan fingerprint density at radius 2 is 1.80 bits per heavy atom. The van der Waals surface area contributed by atoms with Crippen molar-refractivity contribution in [3.05, 3.63) is 30.3 Å². The maximum absolute atomic E-state index is 13.2. The van der Waals surface area contributed by atoms with Crippen LogP contribution in [-0.2, 0) is 16.0 Å². The van der Waals surface area contributed by atoms with Crippen molar-refractivity contribution in [1.82, 2.24) is 30.8 Å². The van der Waals surface area contributed by atoms with Crippen LogP contribution < -0.4 is 30.5 Å². The van der Waals surface area contributed by atoms with Crippen LogP contribution in [0.15, 0.2) is 28.8 Å². The zero-order chi connectivity index (χ0) is 35.4. The highest BCUT2D eigenvalue weighted by molar-refractivity contribution is 6.04. The normalized spacial score (nSPS) is 21.2. The van der Waals surface area contributed by atoms with Gasteiger partial charge in [0.15, 0.2) is 5.82 Å². The fraction of sp³-hybridized carbons (Fsp3) is 0.611. The molecule has 1 aromatic carbocycles. The van der Waals surface area contributed by atoms with Crippen LogP contribution in [0.2, 0.25) is 0 Å². The second-order valence-corrected chi connectivity index (χ2v) is 14.5. The Morgan fingerprint density at radius 1 is 1.06 bits per heavy atom. The van der Waals surface area contributed by atoms with Gasteiger partial charge in [-0.2, -0.15) is 4.98 Å². The summed E-state index contributed by atoms with van der Waals surface area (Å²) in [7, 11) is 3.41. The third-order valence-corrected chi connectivity index (χ3v) is 9.79. The molecule has 0 bridgehead atoms. The number of carbonyl (C=O) groups is 2. The minimum absolute atomic E-state index is 0.0855. The fourth-order valence-electron chi connectivity index (χ4n) is 7.26. The lowest BCUT2D eigenvalue weighted by Gasteiger charge is -2.43. The predicted molar refractivity (Wildman–Crippen MR) is 191 cm³/mol. The summed E-state index contributed by atoms with van der Waals surface area (Å²) in [5, 5.41) is 18.5. The van der Waals surface area contributed by atoms with E-state index in [1.54, 1.807) is 25.3 Å². The molecule has 0 radical (unpaired) electrons. The molecule has 3 aliphatic rings. The molecule has 2 fully saturated rings. The predicted octanol–water partition coefficient (Wildman–Crippen LogP) is 5.75. The second kappa shape index (κ2) is 15.2. The van der Waals surface area contributed by atoms with Crippen molar-refractivity contribution in [2.45, 2.75) is 122 Å². The first-order valence-corrected chi connectivity index (χ1v) is 18.0. The molecule has 3 aromatic rings. The molecular weight excluding hydrogens is 638 g/mol. The Hall–Kier alpha value is -4.46. The number of nitrogens with zero attached hydrogens (tertiary/aromatic N) is 6. The molecule has 3 N–H and O–H groups in total. The molecule has 3 heterocycles. The molecule has 2 aromatic heterocycles. The molecule has 1 atom stereocenters. The molecule has 1 aliphatic heterocycles. The van der Waals surface area contributed by atoms with E-state index in [-0.39, 0.29) is 30.1 Å². The fourth-order valence-corrected chi connectivity index (χ4v) is 7.26. The summed E-state index contributed by atoms with van der Waals surface area (Å²) in [6, 6.07) is 6.20. The van der Waals surface area contributed by atoms with E-state index >= 15 is 0 Å². The number of carbonyl (C=O) groups excluding carboxylic acids is 2. The molecule has 0 spiro atoms. The number of likely N-dealkylation sites (N-methyl/N-ethyl adjacent to an activating group) is 1. The lowest BCUT2D eigenvalue weighted by molar-refractivity contribution is -0.120. The van der Waals surface area contributed by atoms with E-state index in [2.05, 4.69) is 43.0 Å². The molecule has 0 unspecified atom stereocenters. The monoisotopic (exact) mass is 689 g/mol. The van der Waals surface area contributed by atoms with E-state index in [0.717, 1.165) is 68.4 Å². The van der Waals surface area contributed by atoms with Gasteiger partial charge in [0.1, 0.15) is 23.1 Å². The summed E-state index contributed by atoms with van der Waals surface area (Å²) in [5.74, 6) is 2.84. The number of benzene rings is 1. The SMILES string of the molecule is CC[C@@H]1C(=O)N(C)c2cnc(Nc3ccc(-c4nnc(CCNC5CCC(NC(=O)OC(C)(C)C)CC5)o4)cc3OC)nc2N1C1CCCC1. The maximum Gasteiger partial charge on any atom is 0.407 e. The number of amides is 2. The van der Waals surface area contributed by atoms with Crippen LogP contribution in [0.4, 0.5) is 27.9 Å². The van der Waals surface area contributed by atoms with Crippen LogP contribution in [0.5, 0.6) is 5.75 Å². The van der Waals surface area contributed by atoms with Gasteiger partial charge >= 0.3 is 6.09 Å². The molecule has 0 saturated heterocycles. The Bertz CT molecular complexity index is 1640. The Kier molecular flexibility index (Phi) is 10.7. The molecule has 14 nitrogen and oxygen atoms in total. The van der Waals surface area contributed by atoms with Gasteiger partial charge in [0, 0.05) is 43.7 Å². The average Bonchev–Trinajstić information content (AvgIpc) is 3.79. The minimum Gasteiger partial charge on any atom is -0.495 e. The molecule has 2 saturated carbocycles. The van der Waals surface area contributed by atoms with Gasteiger partial charge in [-0.3, -0.25) is 4.79 Å². The van der Waals surface area contributed by atoms with Crippen LogP contribution in [-0.4, -0.2) is 82.6 Å². The number of hydrogen-bond acceptors (Lipinski definition) is 12. The van der Waals surface area contributed by atoms with Gasteiger partial charge in [0.2, 0.25) is 23.6 Å².